The zero-order valence-electron chi connectivity index (χ0n) is 12.2. The van der Waals surface area contributed by atoms with Gasteiger partial charge in [0.05, 0.1) is 23.1 Å². The van der Waals surface area contributed by atoms with Crippen LogP contribution in [0.3, 0.4) is 0 Å². The number of amides is 1. The van der Waals surface area contributed by atoms with Crippen molar-refractivity contribution < 1.29 is 9.53 Å². The second-order valence-electron chi connectivity index (χ2n) is 4.49. The Morgan fingerprint density at radius 1 is 1.27 bits per heavy atom. The summed E-state index contributed by atoms with van der Waals surface area (Å²) in [5.41, 5.74) is 0.998. The molecule has 22 heavy (non-hydrogen) atoms. The maximum absolute atomic E-state index is 11.8. The van der Waals surface area contributed by atoms with Crippen LogP contribution in [0.1, 0.15) is 16.9 Å². The van der Waals surface area contributed by atoms with Crippen LogP contribution in [0, 0.1) is 0 Å². The van der Waals surface area contributed by atoms with Gasteiger partial charge in [-0.3, -0.25) is 4.79 Å². The Kier molecular flexibility index (Phi) is 6.12. The monoisotopic (exact) mass is 320 g/mol. The van der Waals surface area contributed by atoms with E-state index >= 15 is 0 Å². The minimum Gasteiger partial charge on any atom is -0.385 e. The molecule has 0 atom stereocenters. The molecule has 1 amide bonds. The second-order valence-corrected chi connectivity index (χ2v) is 4.90. The molecule has 2 N–H and O–H groups in total. The van der Waals surface area contributed by atoms with Gasteiger partial charge in [0.2, 0.25) is 0 Å². The molecule has 1 aromatic carbocycles. The Morgan fingerprint density at radius 3 is 2.77 bits per heavy atom. The van der Waals surface area contributed by atoms with Gasteiger partial charge in [0.1, 0.15) is 11.5 Å². The fourth-order valence-corrected chi connectivity index (χ4v) is 1.90. The van der Waals surface area contributed by atoms with Gasteiger partial charge in [-0.25, -0.2) is 9.97 Å². The molecular weight excluding hydrogens is 304 g/mol. The number of para-hydroxylation sites is 1. The highest BCUT2D eigenvalue weighted by atomic mass is 35.5. The van der Waals surface area contributed by atoms with Crippen LogP contribution in [0.2, 0.25) is 5.02 Å². The number of halogens is 1. The first-order valence-corrected chi connectivity index (χ1v) is 7.19. The van der Waals surface area contributed by atoms with Crippen LogP contribution in [-0.2, 0) is 4.74 Å². The number of rotatable bonds is 7. The number of aromatic nitrogens is 2. The fourth-order valence-electron chi connectivity index (χ4n) is 1.72. The van der Waals surface area contributed by atoms with E-state index in [4.69, 9.17) is 16.3 Å². The van der Waals surface area contributed by atoms with E-state index in [1.807, 2.05) is 18.2 Å². The van der Waals surface area contributed by atoms with Crippen molar-refractivity contribution in [2.45, 2.75) is 6.42 Å². The summed E-state index contributed by atoms with van der Waals surface area (Å²) in [6.45, 7) is 1.14. The lowest BCUT2D eigenvalue weighted by Gasteiger charge is -2.08. The molecule has 0 radical (unpaired) electrons. The third-order valence-electron chi connectivity index (χ3n) is 2.83. The molecule has 0 bridgehead atoms. The maximum Gasteiger partial charge on any atom is 0.271 e. The average molecular weight is 321 g/mol. The molecule has 0 aliphatic heterocycles. The number of carbonyl (C=O) groups excluding carboxylic acids is 1. The van der Waals surface area contributed by atoms with E-state index in [9.17, 15) is 4.79 Å². The molecule has 0 aliphatic rings. The average Bonchev–Trinajstić information content (AvgIpc) is 2.54. The number of hydrogen-bond donors (Lipinski definition) is 2. The first-order chi connectivity index (χ1) is 10.7. The Morgan fingerprint density at radius 2 is 2.09 bits per heavy atom. The standard InChI is InChI=1S/C15H17ClN4O2/c1-22-8-4-7-17-15(21)13-9-19-14(10-18-13)20-12-6-3-2-5-11(12)16/h2-3,5-6,9-10H,4,7-8H2,1H3,(H,17,21)(H,19,20). The largest absolute Gasteiger partial charge is 0.385 e. The summed E-state index contributed by atoms with van der Waals surface area (Å²) < 4.78 is 4.91. The highest BCUT2D eigenvalue weighted by Gasteiger charge is 2.08. The number of carbonyl (C=O) groups is 1. The Labute approximate surface area is 133 Å². The van der Waals surface area contributed by atoms with Gasteiger partial charge in [-0.2, -0.15) is 0 Å². The van der Waals surface area contributed by atoms with Crippen molar-refractivity contribution in [3.63, 3.8) is 0 Å². The van der Waals surface area contributed by atoms with Crippen molar-refractivity contribution in [3.05, 3.63) is 47.4 Å². The lowest BCUT2D eigenvalue weighted by Crippen LogP contribution is -2.26. The highest BCUT2D eigenvalue weighted by molar-refractivity contribution is 6.33. The number of anilines is 2. The topological polar surface area (TPSA) is 76.1 Å². The SMILES string of the molecule is COCCCNC(=O)c1cnc(Nc2ccccc2Cl)cn1. The zero-order chi connectivity index (χ0) is 15.8. The molecule has 7 heteroatoms. The molecule has 0 unspecified atom stereocenters. The van der Waals surface area contributed by atoms with E-state index in [0.29, 0.717) is 24.0 Å². The van der Waals surface area contributed by atoms with E-state index in [1.165, 1.54) is 12.4 Å². The van der Waals surface area contributed by atoms with Crippen molar-refractivity contribution in [1.82, 2.24) is 15.3 Å². The predicted octanol–water partition coefficient (Wildman–Crippen LogP) is 2.64. The smallest absolute Gasteiger partial charge is 0.271 e. The first kappa shape index (κ1) is 16.2. The number of ether oxygens (including phenoxy) is 1. The molecule has 1 aromatic heterocycles. The summed E-state index contributed by atoms with van der Waals surface area (Å²) in [7, 11) is 1.62. The van der Waals surface area contributed by atoms with Crippen LogP contribution in [0.15, 0.2) is 36.7 Å². The van der Waals surface area contributed by atoms with E-state index in [2.05, 4.69) is 20.6 Å². The predicted molar refractivity (Wildman–Crippen MR) is 85.6 cm³/mol. The molecule has 0 fully saturated rings. The molecule has 0 saturated heterocycles. The van der Waals surface area contributed by atoms with Crippen LogP contribution >= 0.6 is 11.6 Å². The van der Waals surface area contributed by atoms with Gasteiger partial charge in [0, 0.05) is 20.3 Å². The normalized spacial score (nSPS) is 10.3. The van der Waals surface area contributed by atoms with Crippen LogP contribution in [0.4, 0.5) is 11.5 Å². The summed E-state index contributed by atoms with van der Waals surface area (Å²) in [5.74, 6) is 0.261. The molecule has 2 aromatic rings. The lowest BCUT2D eigenvalue weighted by molar-refractivity contribution is 0.0943. The van der Waals surface area contributed by atoms with Gasteiger partial charge in [0.25, 0.3) is 5.91 Å². The molecule has 6 nitrogen and oxygen atoms in total. The minimum atomic E-state index is -0.257. The minimum absolute atomic E-state index is 0.257. The third-order valence-corrected chi connectivity index (χ3v) is 3.16. The number of methoxy groups -OCH3 is 1. The van der Waals surface area contributed by atoms with Crippen LogP contribution < -0.4 is 10.6 Å². The Bertz CT molecular complexity index is 619. The lowest BCUT2D eigenvalue weighted by atomic mass is 10.3. The van der Waals surface area contributed by atoms with Gasteiger partial charge in [-0.1, -0.05) is 23.7 Å². The second kappa shape index (κ2) is 8.31. The summed E-state index contributed by atoms with van der Waals surface area (Å²) in [5, 5.41) is 6.38. The molecule has 0 saturated carbocycles. The van der Waals surface area contributed by atoms with Crippen molar-refractivity contribution in [1.29, 1.82) is 0 Å². The van der Waals surface area contributed by atoms with E-state index < -0.39 is 0 Å². The number of hydrogen-bond acceptors (Lipinski definition) is 5. The van der Waals surface area contributed by atoms with Crippen LogP contribution in [0.5, 0.6) is 0 Å². The first-order valence-electron chi connectivity index (χ1n) is 6.81. The van der Waals surface area contributed by atoms with Crippen molar-refractivity contribution in [2.75, 3.05) is 25.6 Å². The summed E-state index contributed by atoms with van der Waals surface area (Å²) in [6, 6.07) is 7.32. The van der Waals surface area contributed by atoms with Gasteiger partial charge in [-0.05, 0) is 18.6 Å². The van der Waals surface area contributed by atoms with Gasteiger partial charge >= 0.3 is 0 Å². The summed E-state index contributed by atoms with van der Waals surface area (Å²) in [6.07, 6.45) is 3.67. The molecule has 2 rings (SSSR count). The van der Waals surface area contributed by atoms with Crippen molar-refractivity contribution in [2.24, 2.45) is 0 Å². The molecule has 0 aliphatic carbocycles. The van der Waals surface area contributed by atoms with Crippen LogP contribution in [-0.4, -0.2) is 36.1 Å². The molecular formula is C15H17ClN4O2. The van der Waals surface area contributed by atoms with Crippen molar-refractivity contribution >= 4 is 29.0 Å². The van der Waals surface area contributed by atoms with Gasteiger partial charge in [0.15, 0.2) is 0 Å². The third kappa shape index (κ3) is 4.68. The molecule has 116 valence electrons. The Hall–Kier alpha value is -2.18. The quantitative estimate of drug-likeness (QED) is 0.767. The number of nitrogens with one attached hydrogen (secondary N) is 2. The highest BCUT2D eigenvalue weighted by Crippen LogP contribution is 2.23. The summed E-state index contributed by atoms with van der Waals surface area (Å²) in [4.78, 5) is 20.1. The van der Waals surface area contributed by atoms with Gasteiger partial charge < -0.3 is 15.4 Å². The zero-order valence-corrected chi connectivity index (χ0v) is 12.9. The molecule has 1 heterocycles. The van der Waals surface area contributed by atoms with E-state index in [0.717, 1.165) is 12.1 Å². The van der Waals surface area contributed by atoms with Crippen LogP contribution in [0.25, 0.3) is 0 Å². The van der Waals surface area contributed by atoms with Gasteiger partial charge in [-0.15, -0.1) is 0 Å². The van der Waals surface area contributed by atoms with E-state index in [-0.39, 0.29) is 11.6 Å². The number of nitrogens with zero attached hydrogens (tertiary/aromatic N) is 2. The Balaban J connectivity index is 1.92. The fraction of sp³-hybridized carbons (Fsp3) is 0.267. The van der Waals surface area contributed by atoms with E-state index in [1.54, 1.807) is 13.2 Å². The maximum atomic E-state index is 11.8. The number of benzene rings is 1. The summed E-state index contributed by atoms with van der Waals surface area (Å²) >= 11 is 6.05. The molecule has 0 spiro atoms. The van der Waals surface area contributed by atoms with Crippen molar-refractivity contribution in [3.8, 4) is 0 Å².